The molecule has 1 rings (SSSR count). The molecule has 1 heteroatoms. The molecule has 0 radical (unpaired) electrons. The molecule has 11 heavy (non-hydrogen) atoms. The third-order valence-corrected chi connectivity index (χ3v) is 2.79. The number of hydrogen-bond donors (Lipinski definition) is 1. The van der Waals surface area contributed by atoms with Crippen LogP contribution in [-0.4, -0.2) is 12.1 Å². The lowest BCUT2D eigenvalue weighted by molar-refractivity contribution is 0.209. The first kappa shape index (κ1) is 9.05. The zero-order valence-electron chi connectivity index (χ0n) is 8.11. The molecular formula is C10H21N. The van der Waals surface area contributed by atoms with Gasteiger partial charge in [-0.15, -0.1) is 0 Å². The van der Waals surface area contributed by atoms with E-state index in [9.17, 15) is 0 Å². The van der Waals surface area contributed by atoms with Crippen molar-refractivity contribution in [1.82, 2.24) is 5.32 Å². The molecule has 0 aromatic carbocycles. The normalized spacial score (nSPS) is 39.0. The molecule has 66 valence electrons. The van der Waals surface area contributed by atoms with Crippen LogP contribution in [0.25, 0.3) is 0 Å². The molecule has 1 N–H and O–H groups in total. The van der Waals surface area contributed by atoms with E-state index in [4.69, 9.17) is 0 Å². The Morgan fingerprint density at radius 2 is 2.27 bits per heavy atom. The molecule has 2 atom stereocenters. The van der Waals surface area contributed by atoms with Crippen LogP contribution in [-0.2, 0) is 0 Å². The summed E-state index contributed by atoms with van der Waals surface area (Å²) in [5, 5.41) is 3.63. The second kappa shape index (κ2) is 3.57. The van der Waals surface area contributed by atoms with E-state index in [1.165, 1.54) is 32.2 Å². The van der Waals surface area contributed by atoms with Gasteiger partial charge >= 0.3 is 0 Å². The number of piperidine rings is 1. The standard InChI is InChI=1S/C10H21N/c1-4-6-10(3)8-9(2)5-7-11-10/h9,11H,4-8H2,1-3H3/t9-,10?/m0/s1. The van der Waals surface area contributed by atoms with E-state index in [1.54, 1.807) is 0 Å². The summed E-state index contributed by atoms with van der Waals surface area (Å²) >= 11 is 0. The Labute approximate surface area is 70.6 Å². The monoisotopic (exact) mass is 155 g/mol. The molecule has 1 heterocycles. The van der Waals surface area contributed by atoms with Gasteiger partial charge in [-0.1, -0.05) is 20.3 Å². The Balaban J connectivity index is 2.41. The highest BCUT2D eigenvalue weighted by atomic mass is 15.0. The summed E-state index contributed by atoms with van der Waals surface area (Å²) < 4.78 is 0. The zero-order valence-corrected chi connectivity index (χ0v) is 8.11. The SMILES string of the molecule is CCCC1(C)C[C@@H](C)CCN1. The summed E-state index contributed by atoms with van der Waals surface area (Å²) in [4.78, 5) is 0. The Bertz CT molecular complexity index is 118. The Kier molecular flexibility index (Phi) is 2.94. The van der Waals surface area contributed by atoms with Crippen LogP contribution in [0, 0.1) is 5.92 Å². The van der Waals surface area contributed by atoms with Crippen molar-refractivity contribution in [1.29, 1.82) is 0 Å². The third-order valence-electron chi connectivity index (χ3n) is 2.79. The predicted molar refractivity (Wildman–Crippen MR) is 49.7 cm³/mol. The van der Waals surface area contributed by atoms with Gasteiger partial charge in [-0.25, -0.2) is 0 Å². The zero-order chi connectivity index (χ0) is 8.32. The first-order valence-electron chi connectivity index (χ1n) is 4.91. The number of rotatable bonds is 2. The van der Waals surface area contributed by atoms with E-state index in [1.807, 2.05) is 0 Å². The van der Waals surface area contributed by atoms with Crippen molar-refractivity contribution in [2.24, 2.45) is 5.92 Å². The molecule has 0 amide bonds. The van der Waals surface area contributed by atoms with E-state index in [0.29, 0.717) is 5.54 Å². The van der Waals surface area contributed by atoms with E-state index in [2.05, 4.69) is 26.1 Å². The molecule has 0 saturated carbocycles. The molecule has 1 saturated heterocycles. The molecular weight excluding hydrogens is 134 g/mol. The van der Waals surface area contributed by atoms with Crippen molar-refractivity contribution in [3.05, 3.63) is 0 Å². The maximum Gasteiger partial charge on any atom is 0.0155 e. The maximum absolute atomic E-state index is 3.63. The average Bonchev–Trinajstić information content (AvgIpc) is 1.86. The lowest BCUT2D eigenvalue weighted by Gasteiger charge is -2.38. The minimum Gasteiger partial charge on any atom is -0.311 e. The maximum atomic E-state index is 3.63. The van der Waals surface area contributed by atoms with E-state index in [0.717, 1.165) is 5.92 Å². The highest BCUT2D eigenvalue weighted by molar-refractivity contribution is 4.88. The Morgan fingerprint density at radius 1 is 1.55 bits per heavy atom. The summed E-state index contributed by atoms with van der Waals surface area (Å²) in [6, 6.07) is 0. The second-order valence-electron chi connectivity index (χ2n) is 4.34. The van der Waals surface area contributed by atoms with Crippen molar-refractivity contribution in [2.75, 3.05) is 6.54 Å². The van der Waals surface area contributed by atoms with Crippen molar-refractivity contribution < 1.29 is 0 Å². The lowest BCUT2D eigenvalue weighted by atomic mass is 9.81. The fourth-order valence-electron chi connectivity index (χ4n) is 2.31. The molecule has 1 aliphatic heterocycles. The summed E-state index contributed by atoms with van der Waals surface area (Å²) in [7, 11) is 0. The molecule has 0 spiro atoms. The molecule has 1 nitrogen and oxygen atoms in total. The molecule has 0 aliphatic carbocycles. The van der Waals surface area contributed by atoms with Gasteiger partial charge in [0, 0.05) is 5.54 Å². The van der Waals surface area contributed by atoms with Crippen LogP contribution in [0.4, 0.5) is 0 Å². The van der Waals surface area contributed by atoms with Gasteiger partial charge in [-0.2, -0.15) is 0 Å². The smallest absolute Gasteiger partial charge is 0.0155 e. The van der Waals surface area contributed by atoms with E-state index < -0.39 is 0 Å². The Morgan fingerprint density at radius 3 is 2.82 bits per heavy atom. The van der Waals surface area contributed by atoms with E-state index in [-0.39, 0.29) is 0 Å². The first-order valence-corrected chi connectivity index (χ1v) is 4.91. The number of hydrogen-bond acceptors (Lipinski definition) is 1. The largest absolute Gasteiger partial charge is 0.311 e. The summed E-state index contributed by atoms with van der Waals surface area (Å²) in [5.41, 5.74) is 0.451. The van der Waals surface area contributed by atoms with Gasteiger partial charge in [0.15, 0.2) is 0 Å². The minimum absolute atomic E-state index is 0.451. The lowest BCUT2D eigenvalue weighted by Crippen LogP contribution is -2.48. The van der Waals surface area contributed by atoms with Gasteiger partial charge in [0.05, 0.1) is 0 Å². The molecule has 1 fully saturated rings. The van der Waals surface area contributed by atoms with Crippen LogP contribution in [0.3, 0.4) is 0 Å². The van der Waals surface area contributed by atoms with Gasteiger partial charge in [0.2, 0.25) is 0 Å². The molecule has 0 bridgehead atoms. The summed E-state index contributed by atoms with van der Waals surface area (Å²) in [6.45, 7) is 8.23. The highest BCUT2D eigenvalue weighted by Crippen LogP contribution is 2.27. The van der Waals surface area contributed by atoms with Gasteiger partial charge in [-0.3, -0.25) is 0 Å². The second-order valence-corrected chi connectivity index (χ2v) is 4.34. The van der Waals surface area contributed by atoms with Crippen LogP contribution in [0.2, 0.25) is 0 Å². The predicted octanol–water partition coefficient (Wildman–Crippen LogP) is 2.56. The van der Waals surface area contributed by atoms with Crippen LogP contribution in [0.15, 0.2) is 0 Å². The van der Waals surface area contributed by atoms with Crippen LogP contribution >= 0.6 is 0 Å². The minimum atomic E-state index is 0.451. The van der Waals surface area contributed by atoms with Crippen molar-refractivity contribution in [3.63, 3.8) is 0 Å². The topological polar surface area (TPSA) is 12.0 Å². The fraction of sp³-hybridized carbons (Fsp3) is 1.00. The van der Waals surface area contributed by atoms with Crippen molar-refractivity contribution in [2.45, 2.75) is 52.0 Å². The first-order chi connectivity index (χ1) is 5.16. The Hall–Kier alpha value is -0.0400. The van der Waals surface area contributed by atoms with Crippen molar-refractivity contribution >= 4 is 0 Å². The van der Waals surface area contributed by atoms with Gasteiger partial charge in [-0.05, 0) is 38.6 Å². The molecule has 1 aliphatic rings. The summed E-state index contributed by atoms with van der Waals surface area (Å²) in [6.07, 6.45) is 5.35. The number of nitrogens with one attached hydrogen (secondary N) is 1. The fourth-order valence-corrected chi connectivity index (χ4v) is 2.31. The van der Waals surface area contributed by atoms with Gasteiger partial charge < -0.3 is 5.32 Å². The van der Waals surface area contributed by atoms with E-state index >= 15 is 0 Å². The quantitative estimate of drug-likeness (QED) is 0.646. The van der Waals surface area contributed by atoms with Crippen LogP contribution in [0.1, 0.15) is 46.5 Å². The third kappa shape index (κ3) is 2.48. The molecule has 1 unspecified atom stereocenters. The average molecular weight is 155 g/mol. The van der Waals surface area contributed by atoms with Crippen molar-refractivity contribution in [3.8, 4) is 0 Å². The van der Waals surface area contributed by atoms with Gasteiger partial charge in [0.1, 0.15) is 0 Å². The summed E-state index contributed by atoms with van der Waals surface area (Å²) in [5.74, 6) is 0.924. The highest BCUT2D eigenvalue weighted by Gasteiger charge is 2.28. The van der Waals surface area contributed by atoms with Crippen LogP contribution < -0.4 is 5.32 Å². The molecule has 0 aromatic heterocycles. The van der Waals surface area contributed by atoms with Gasteiger partial charge in [0.25, 0.3) is 0 Å². The molecule has 0 aromatic rings. The van der Waals surface area contributed by atoms with Crippen LogP contribution in [0.5, 0.6) is 0 Å².